The number of carbonyl (C=O) groups is 4. The number of ether oxygens (including phenoxy) is 18. The number of nitrogens with zero attached hydrogens (tertiary/aromatic N) is 5. The Balaban J connectivity index is 0.000000228. The molecule has 3 aliphatic heterocycles. The number of nitrogens with one attached hydrogen (secondary N) is 1. The third kappa shape index (κ3) is 37.0. The van der Waals surface area contributed by atoms with Crippen molar-refractivity contribution in [2.75, 3.05) is 275 Å². The number of aldehydes is 1. The van der Waals surface area contributed by atoms with E-state index in [2.05, 4.69) is 94.5 Å². The third-order valence-corrected chi connectivity index (χ3v) is 33.1. The van der Waals surface area contributed by atoms with Crippen molar-refractivity contribution in [2.24, 2.45) is 0 Å². The Hall–Kier alpha value is -11.3. The number of aromatic amines is 1. The van der Waals surface area contributed by atoms with Gasteiger partial charge < -0.3 is 114 Å². The minimum Gasteiger partial charge on any atom is -0.489 e. The van der Waals surface area contributed by atoms with E-state index in [-0.39, 0.29) is 35.9 Å². The summed E-state index contributed by atoms with van der Waals surface area (Å²) in [4.78, 5) is 79.6. The number of anilines is 3. The quantitative estimate of drug-likeness (QED) is 0.00865. The molecule has 38 heteroatoms. The minimum absolute atomic E-state index is 0. The summed E-state index contributed by atoms with van der Waals surface area (Å²) in [6.07, 6.45) is 4.56. The van der Waals surface area contributed by atoms with Gasteiger partial charge in [0.25, 0.3) is 5.69 Å². The van der Waals surface area contributed by atoms with Crippen LogP contribution in [0.15, 0.2) is 206 Å². The first-order valence-electron chi connectivity index (χ1n) is 47.2. The summed E-state index contributed by atoms with van der Waals surface area (Å²) < 4.78 is 114. The van der Waals surface area contributed by atoms with Crippen LogP contribution in [0.25, 0.3) is 34.3 Å². The van der Waals surface area contributed by atoms with Crippen molar-refractivity contribution in [3.8, 4) is 28.5 Å². The minimum atomic E-state index is -3.43. The van der Waals surface area contributed by atoms with Crippen LogP contribution < -0.4 is 44.8 Å². The maximum atomic E-state index is 12.1. The summed E-state index contributed by atoms with van der Waals surface area (Å²) in [5.41, 5.74) is 8.22. The molecule has 9 aromatic carbocycles. The zero-order chi connectivity index (χ0) is 102. The number of aromatic nitrogens is 1. The van der Waals surface area contributed by atoms with Crippen molar-refractivity contribution >= 4 is 121 Å². The van der Waals surface area contributed by atoms with Gasteiger partial charge in [-0.15, -0.1) is 0 Å². The predicted molar refractivity (Wildman–Crippen MR) is 564 cm³/mol. The van der Waals surface area contributed by atoms with Gasteiger partial charge in [-0.3, -0.25) is 14.9 Å². The number of methoxy groups -OCH3 is 6. The fourth-order valence-corrected chi connectivity index (χ4v) is 23.6. The first-order chi connectivity index (χ1) is 69.8. The standard InChI is InChI=1S/C27H23BrNO4P.C27H34N2O9.C27H34N2O7.C18H27NO6.C6H15O3P.CH4/c1-33-27(30)21-17-18-22(26(19-21)29(31)32)20-34(28,23-11-5-2-6-12-23,24-13-7-3-8-14-24)25-15-9-4-10-16-25;1-33-11-9-28-10-12-35-13-14-36-15-16-37-17-18-38-26-19-21(4-8-24(26)28)3-5-22-6-7-23(27(30)34-2)20-25(22)29(31)32;1-31-9-7-29-8-10-33-11-12-34-13-14-35-15-16-36-26-19-21(5-6-25(26)29)23-17-20-3-4-22(27(30)32-2)18-24(20)28-23;1-21-6-4-19-5-7-22-8-9-23-10-11-24-12-13-25-18-14-16(15-20)2-3-17(18)19;1-4-7-10(8-5-2)9-6-3;/h2-19H,20H2,1H3;3-8,19-20H,9-18H2,1-2H3;3-6,17-19,28H,7-16H2,1-2H3;2-3,14-15H,4-13H2,1H3;4-6H2,1-3H3;1H4/b;5-3+;;;;. The molecule has 35 nitrogen and oxygen atoms in total. The summed E-state index contributed by atoms with van der Waals surface area (Å²) in [5, 5.41) is 24.5. The van der Waals surface area contributed by atoms with Gasteiger partial charge in [-0.25, -0.2) is 9.59 Å². The normalized spacial score (nSPS) is 14.9. The van der Waals surface area contributed by atoms with Gasteiger partial charge in [0.05, 0.1) is 211 Å². The number of nitro groups is 2. The Kier molecular flexibility index (Phi) is 54.0. The molecule has 0 radical (unpaired) electrons. The second-order valence-electron chi connectivity index (χ2n) is 31.5. The van der Waals surface area contributed by atoms with Gasteiger partial charge in [0.15, 0.2) is 0 Å². The van der Waals surface area contributed by atoms with Crippen LogP contribution in [0.5, 0.6) is 17.2 Å². The molecular weight excluding hydrogens is 1960 g/mol. The van der Waals surface area contributed by atoms with E-state index in [9.17, 15) is 39.4 Å². The molecule has 782 valence electrons. The smallest absolute Gasteiger partial charge is 0.338 e. The first-order valence-corrected chi connectivity index (χ1v) is 52.7. The average molecular weight is 2100 g/mol. The number of H-pyrrole nitrogens is 1. The average Bonchev–Trinajstić information content (AvgIpc) is 0.773. The van der Waals surface area contributed by atoms with Gasteiger partial charge in [-0.05, 0) is 105 Å². The van der Waals surface area contributed by atoms with Crippen LogP contribution in [0.1, 0.15) is 86.3 Å². The molecule has 0 unspecified atom stereocenters. The molecule has 0 saturated heterocycles. The Morgan fingerprint density at radius 2 is 0.764 bits per heavy atom. The molecule has 3 aliphatic rings. The van der Waals surface area contributed by atoms with Gasteiger partial charge in [-0.2, -0.15) is 0 Å². The summed E-state index contributed by atoms with van der Waals surface area (Å²) in [7, 11) is 7.82. The Labute approximate surface area is 852 Å². The van der Waals surface area contributed by atoms with E-state index in [1.165, 1.54) is 45.6 Å². The maximum absolute atomic E-state index is 12.1. The molecule has 0 fully saturated rings. The van der Waals surface area contributed by atoms with Crippen LogP contribution in [-0.2, 0) is 90.8 Å². The van der Waals surface area contributed by atoms with Crippen molar-refractivity contribution in [2.45, 2.75) is 34.4 Å². The van der Waals surface area contributed by atoms with Gasteiger partial charge in [0.2, 0.25) is 0 Å². The monoisotopic (exact) mass is 2100 g/mol. The van der Waals surface area contributed by atoms with Crippen molar-refractivity contribution < 1.29 is 128 Å². The number of nitro benzene ring substituents is 2. The Morgan fingerprint density at radius 1 is 0.410 bits per heavy atom. The number of fused-ring (bicyclic) bond motifs is 4. The van der Waals surface area contributed by atoms with Gasteiger partial charge in [-0.1, -0.05) is 31.7 Å². The molecule has 0 saturated carbocycles. The van der Waals surface area contributed by atoms with E-state index in [0.29, 0.717) is 258 Å². The number of hydrogen-bond donors (Lipinski definition) is 1. The number of benzene rings is 9. The fraction of sp³-hybridized carbons (Fsp3) is 0.415. The van der Waals surface area contributed by atoms with Crippen LogP contribution in [0.3, 0.4) is 0 Å². The molecule has 0 atom stereocenters. The van der Waals surface area contributed by atoms with Crippen molar-refractivity contribution in [3.63, 3.8) is 0 Å². The van der Waals surface area contributed by atoms with Crippen molar-refractivity contribution in [3.05, 3.63) is 265 Å². The molecule has 1 N–H and O–H groups in total. The van der Waals surface area contributed by atoms with Gasteiger partial charge in [0, 0.05) is 94.4 Å². The van der Waals surface area contributed by atoms with E-state index in [1.807, 2.05) is 112 Å². The molecule has 10 aromatic rings. The molecule has 1 aromatic heterocycles. The van der Waals surface area contributed by atoms with Crippen LogP contribution in [0.4, 0.5) is 28.4 Å². The summed E-state index contributed by atoms with van der Waals surface area (Å²) >= 11 is 4.32. The zero-order valence-corrected chi connectivity index (χ0v) is 86.1. The number of carbonyl (C=O) groups excluding carboxylic acids is 4. The molecular formula is C106H137BrN6O29P2. The predicted octanol–water partition coefficient (Wildman–Crippen LogP) is 17.0. The molecule has 13 rings (SSSR count). The van der Waals surface area contributed by atoms with Crippen LogP contribution in [-0.4, -0.2) is 299 Å². The Bertz CT molecular complexity index is 5410. The number of halogens is 1. The molecule has 4 heterocycles. The number of esters is 3. The van der Waals surface area contributed by atoms with E-state index in [4.69, 9.17) is 94.1 Å². The third-order valence-electron chi connectivity index (χ3n) is 22.2. The van der Waals surface area contributed by atoms with E-state index >= 15 is 0 Å². The van der Waals surface area contributed by atoms with Crippen LogP contribution in [0.2, 0.25) is 0 Å². The molecule has 144 heavy (non-hydrogen) atoms. The van der Waals surface area contributed by atoms with E-state index in [0.717, 1.165) is 72.7 Å². The summed E-state index contributed by atoms with van der Waals surface area (Å²) in [5.74, 6) is 0.455. The summed E-state index contributed by atoms with van der Waals surface area (Å²) in [6.45, 7) is 23.8. The van der Waals surface area contributed by atoms with Crippen LogP contribution in [0, 0.1) is 20.2 Å². The SMILES string of the molecule is C.CCOP(OCC)OCC.COC(=O)c1ccc(CP(Br)(c2ccccc2)(c2ccccc2)c2ccccc2)c([N+](=O)[O-])c1.COCCN1CCOCCOCCOCCOc2cc(-c3cc4ccc(C(=O)OC)cc4[nH]3)ccc21.COCCN1CCOCCOCCOCCOc2cc(/C=C/c3ccc(C(=O)OC)cc3[N+](=O)[O-])ccc21.COCCN1CCOCCOCCOCCOc2cc(C=O)ccc21. The first kappa shape index (κ1) is 118. The second kappa shape index (κ2) is 65.9. The van der Waals surface area contributed by atoms with Gasteiger partial charge in [0.1, 0.15) is 43.4 Å². The summed E-state index contributed by atoms with van der Waals surface area (Å²) in [6, 6.07) is 63.9. The zero-order valence-electron chi connectivity index (χ0n) is 82.8. The molecule has 0 amide bonds. The Morgan fingerprint density at radius 3 is 1.15 bits per heavy atom. The maximum Gasteiger partial charge on any atom is 0.338 e. The molecule has 0 spiro atoms. The number of hydrogen-bond acceptors (Lipinski definition) is 32. The van der Waals surface area contributed by atoms with E-state index in [1.54, 1.807) is 69.9 Å². The van der Waals surface area contributed by atoms with E-state index < -0.39 is 35.7 Å². The molecule has 0 aliphatic carbocycles. The number of rotatable bonds is 29. The van der Waals surface area contributed by atoms with Gasteiger partial charge >= 0.3 is 227 Å². The largest absolute Gasteiger partial charge is 0.489 e. The topological polar surface area (TPSA) is 374 Å². The van der Waals surface area contributed by atoms with Crippen molar-refractivity contribution in [1.82, 2.24) is 4.98 Å². The van der Waals surface area contributed by atoms with Crippen LogP contribution >= 0.6 is 29.4 Å². The fourth-order valence-electron chi connectivity index (χ4n) is 15.1. The molecule has 0 bridgehead atoms. The second-order valence-corrected chi connectivity index (χ2v) is 41.6. The van der Waals surface area contributed by atoms with Crippen molar-refractivity contribution in [1.29, 1.82) is 0 Å².